The number of carbonyl (C=O) groups is 5. The monoisotopic (exact) mass is 587 g/mol. The van der Waals surface area contributed by atoms with Gasteiger partial charge in [0.1, 0.15) is 6.54 Å². The van der Waals surface area contributed by atoms with Crippen LogP contribution in [-0.4, -0.2) is 90.3 Å². The van der Waals surface area contributed by atoms with Crippen LogP contribution in [0.2, 0.25) is 0 Å². The lowest BCUT2D eigenvalue weighted by Crippen LogP contribution is -2.49. The van der Waals surface area contributed by atoms with Gasteiger partial charge in [-0.2, -0.15) is 0 Å². The van der Waals surface area contributed by atoms with Crippen molar-refractivity contribution in [1.29, 1.82) is 0 Å². The van der Waals surface area contributed by atoms with Gasteiger partial charge < -0.3 is 31.3 Å². The van der Waals surface area contributed by atoms with Crippen molar-refractivity contribution >= 4 is 29.6 Å². The van der Waals surface area contributed by atoms with Gasteiger partial charge in [0.15, 0.2) is 0 Å². The van der Waals surface area contributed by atoms with Gasteiger partial charge in [-0.25, -0.2) is 0 Å². The van der Waals surface area contributed by atoms with Crippen molar-refractivity contribution in [3.63, 3.8) is 0 Å². The Morgan fingerprint density at radius 2 is 1.16 bits per heavy atom. The average molecular weight is 588 g/mol. The number of carboxylic acid groups (broad SMARTS) is 1. The third-order valence-corrected chi connectivity index (χ3v) is 6.74. The van der Waals surface area contributed by atoms with Gasteiger partial charge >= 0.3 is 5.97 Å². The zero-order valence-electron chi connectivity index (χ0n) is 23.9. The van der Waals surface area contributed by atoms with Gasteiger partial charge in [0.25, 0.3) is 0 Å². The second kappa shape index (κ2) is 17.0. The summed E-state index contributed by atoms with van der Waals surface area (Å²) in [4.78, 5) is 64.6. The van der Waals surface area contributed by atoms with Crippen LogP contribution in [-0.2, 0) is 30.4 Å². The van der Waals surface area contributed by atoms with E-state index in [1.54, 1.807) is 0 Å². The molecule has 0 atom stereocenters. The van der Waals surface area contributed by atoms with Crippen LogP contribution in [0.3, 0.4) is 0 Å². The van der Waals surface area contributed by atoms with Crippen molar-refractivity contribution in [2.75, 3.05) is 45.8 Å². The Labute approximate surface area is 250 Å². The largest absolute Gasteiger partial charge is 0.480 e. The van der Waals surface area contributed by atoms with Crippen LogP contribution in [0.5, 0.6) is 0 Å². The van der Waals surface area contributed by atoms with Gasteiger partial charge in [-0.05, 0) is 23.1 Å². The number of carboxylic acids is 1. The summed E-state index contributed by atoms with van der Waals surface area (Å²) in [5.41, 5.74) is 8.55. The van der Waals surface area contributed by atoms with Gasteiger partial charge in [-0.3, -0.25) is 24.0 Å². The highest BCUT2D eigenvalue weighted by molar-refractivity contribution is 5.91. The summed E-state index contributed by atoms with van der Waals surface area (Å²) in [6, 6.07) is 28.6. The molecule has 0 aromatic heterocycles. The molecule has 3 aromatic rings. The molecule has 226 valence electrons. The van der Waals surface area contributed by atoms with Crippen molar-refractivity contribution < 1.29 is 29.1 Å². The Morgan fingerprint density at radius 1 is 0.674 bits per heavy atom. The number of benzene rings is 3. The van der Waals surface area contributed by atoms with Crippen molar-refractivity contribution in [2.24, 2.45) is 5.73 Å². The molecular formula is C32H37N5O6. The summed E-state index contributed by atoms with van der Waals surface area (Å²) in [5, 5.41) is 13.6. The van der Waals surface area contributed by atoms with E-state index >= 15 is 0 Å². The molecule has 0 unspecified atom stereocenters. The number of aliphatic carboxylic acids is 1. The van der Waals surface area contributed by atoms with E-state index in [9.17, 15) is 24.0 Å². The summed E-state index contributed by atoms with van der Waals surface area (Å²) in [6.45, 7) is -1.60. The lowest BCUT2D eigenvalue weighted by molar-refractivity contribution is -0.139. The fourth-order valence-corrected chi connectivity index (χ4v) is 4.50. The zero-order chi connectivity index (χ0) is 31.0. The smallest absolute Gasteiger partial charge is 0.322 e. The topological polar surface area (TPSA) is 162 Å². The molecule has 0 aliphatic heterocycles. The molecule has 0 bridgehead atoms. The highest BCUT2D eigenvalue weighted by Gasteiger charge is 2.24. The van der Waals surface area contributed by atoms with E-state index in [0.717, 1.165) is 16.7 Å². The van der Waals surface area contributed by atoms with Crippen LogP contribution in [0, 0.1) is 0 Å². The van der Waals surface area contributed by atoms with Gasteiger partial charge in [0.05, 0.1) is 26.2 Å². The Bertz CT molecular complexity index is 1310. The predicted octanol–water partition coefficient (Wildman–Crippen LogP) is 0.994. The molecule has 11 nitrogen and oxygen atoms in total. The van der Waals surface area contributed by atoms with Crippen LogP contribution in [0.15, 0.2) is 91.0 Å². The van der Waals surface area contributed by atoms with Crippen molar-refractivity contribution in [3.05, 3.63) is 108 Å². The number of nitrogens with zero attached hydrogens (tertiary/aromatic N) is 2. The molecule has 0 heterocycles. The van der Waals surface area contributed by atoms with Crippen LogP contribution in [0.4, 0.5) is 0 Å². The summed E-state index contributed by atoms with van der Waals surface area (Å²) in [7, 11) is 0. The second-order valence-corrected chi connectivity index (χ2v) is 9.85. The van der Waals surface area contributed by atoms with E-state index < -0.39 is 42.7 Å². The summed E-state index contributed by atoms with van der Waals surface area (Å²) in [6.07, 6.45) is 0.450. The highest BCUT2D eigenvalue weighted by atomic mass is 16.4. The molecular weight excluding hydrogens is 550 g/mol. The first kappa shape index (κ1) is 32.5. The van der Waals surface area contributed by atoms with E-state index in [1.807, 2.05) is 91.0 Å². The SMILES string of the molecule is NCC(=O)N(CC(=O)NCC(=O)N(CCc1ccccc1)CC(=O)NCC(=O)O)CC(c1ccccc1)c1ccccc1. The molecule has 0 radical (unpaired) electrons. The summed E-state index contributed by atoms with van der Waals surface area (Å²) >= 11 is 0. The molecule has 0 saturated heterocycles. The van der Waals surface area contributed by atoms with Gasteiger partial charge in [-0.1, -0.05) is 91.0 Å². The first-order chi connectivity index (χ1) is 20.8. The minimum atomic E-state index is -1.21. The molecule has 0 spiro atoms. The second-order valence-electron chi connectivity index (χ2n) is 9.85. The minimum absolute atomic E-state index is 0.173. The Balaban J connectivity index is 1.66. The van der Waals surface area contributed by atoms with E-state index in [1.165, 1.54) is 9.80 Å². The lowest BCUT2D eigenvalue weighted by atomic mass is 9.90. The Morgan fingerprint density at radius 3 is 1.67 bits per heavy atom. The lowest BCUT2D eigenvalue weighted by Gasteiger charge is -2.28. The van der Waals surface area contributed by atoms with E-state index in [4.69, 9.17) is 10.8 Å². The van der Waals surface area contributed by atoms with Crippen LogP contribution in [0.25, 0.3) is 0 Å². The van der Waals surface area contributed by atoms with Crippen molar-refractivity contribution in [1.82, 2.24) is 20.4 Å². The number of rotatable bonds is 16. The number of nitrogens with one attached hydrogen (secondary N) is 2. The molecule has 0 aliphatic rings. The molecule has 3 aromatic carbocycles. The average Bonchev–Trinajstić information content (AvgIpc) is 3.03. The molecule has 0 aliphatic carbocycles. The molecule has 0 saturated carbocycles. The zero-order valence-corrected chi connectivity index (χ0v) is 23.9. The molecule has 3 rings (SSSR count). The Hall–Kier alpha value is -5.03. The van der Waals surface area contributed by atoms with E-state index in [2.05, 4.69) is 10.6 Å². The first-order valence-corrected chi connectivity index (χ1v) is 13.9. The highest BCUT2D eigenvalue weighted by Crippen LogP contribution is 2.25. The predicted molar refractivity (Wildman–Crippen MR) is 161 cm³/mol. The molecule has 0 fully saturated rings. The maximum Gasteiger partial charge on any atom is 0.322 e. The number of amides is 4. The fraction of sp³-hybridized carbons (Fsp3) is 0.281. The maximum absolute atomic E-state index is 13.1. The maximum atomic E-state index is 13.1. The van der Waals surface area contributed by atoms with E-state index in [-0.39, 0.29) is 38.6 Å². The third kappa shape index (κ3) is 11.0. The van der Waals surface area contributed by atoms with Gasteiger partial charge in [0, 0.05) is 19.0 Å². The summed E-state index contributed by atoms with van der Waals surface area (Å²) < 4.78 is 0. The van der Waals surface area contributed by atoms with Gasteiger partial charge in [-0.15, -0.1) is 0 Å². The quantitative estimate of drug-likeness (QED) is 0.194. The van der Waals surface area contributed by atoms with Crippen LogP contribution >= 0.6 is 0 Å². The molecule has 43 heavy (non-hydrogen) atoms. The van der Waals surface area contributed by atoms with Crippen molar-refractivity contribution in [2.45, 2.75) is 12.3 Å². The molecule has 4 amide bonds. The molecule has 11 heteroatoms. The number of hydrogen-bond donors (Lipinski definition) is 4. The van der Waals surface area contributed by atoms with Crippen LogP contribution < -0.4 is 16.4 Å². The van der Waals surface area contributed by atoms with Gasteiger partial charge in [0.2, 0.25) is 23.6 Å². The Kier molecular flexibility index (Phi) is 12.9. The number of hydrogen-bond acceptors (Lipinski definition) is 6. The third-order valence-electron chi connectivity index (χ3n) is 6.74. The minimum Gasteiger partial charge on any atom is -0.480 e. The summed E-state index contributed by atoms with van der Waals surface area (Å²) in [5.74, 6) is -3.57. The molecule has 5 N–H and O–H groups in total. The first-order valence-electron chi connectivity index (χ1n) is 13.9. The number of carbonyl (C=O) groups excluding carboxylic acids is 4. The van der Waals surface area contributed by atoms with Crippen molar-refractivity contribution in [3.8, 4) is 0 Å². The number of nitrogens with two attached hydrogens (primary N) is 1. The standard InChI is InChI=1S/C32H37N5O6/c33-18-30(40)37(21-27(25-12-6-2-7-13-25)26-14-8-3-9-15-26)23-29(39)34-19-31(41)36(22-28(38)35-20-32(42)43)17-16-24-10-4-1-5-11-24/h1-15,27H,16-23,33H2,(H,34,39)(H,35,38)(H,42,43). The normalized spacial score (nSPS) is 10.6. The fourth-order valence-electron chi connectivity index (χ4n) is 4.50. The van der Waals surface area contributed by atoms with E-state index in [0.29, 0.717) is 6.42 Å². The van der Waals surface area contributed by atoms with Crippen LogP contribution in [0.1, 0.15) is 22.6 Å².